The molecule has 0 radical (unpaired) electrons. The van der Waals surface area contributed by atoms with Gasteiger partial charge < -0.3 is 14.8 Å². The van der Waals surface area contributed by atoms with Crippen molar-refractivity contribution in [2.24, 2.45) is 0 Å². The Morgan fingerprint density at radius 2 is 1.95 bits per heavy atom. The van der Waals surface area contributed by atoms with E-state index in [-0.39, 0.29) is 12.5 Å². The second-order valence-electron chi connectivity index (χ2n) is 4.44. The number of ether oxygens (including phenoxy) is 2. The van der Waals surface area contributed by atoms with Crippen molar-refractivity contribution in [2.45, 2.75) is 6.54 Å². The number of hydrogen-bond acceptors (Lipinski definition) is 5. The maximum Gasteiger partial charge on any atom is 0.337 e. The lowest BCUT2D eigenvalue weighted by atomic mass is 10.2. The summed E-state index contributed by atoms with van der Waals surface area (Å²) >= 11 is 0. The fourth-order valence-electron chi connectivity index (χ4n) is 1.86. The standard InChI is InChI=1S/C16H16N2O4/c1-21-14-5-3-4-11(9-14)15(19)18-10-13-8-12(6-7-17-13)16(20)22-2/h3-9H,10H2,1-2H3,(H,18,19). The van der Waals surface area contributed by atoms with Gasteiger partial charge in [-0.1, -0.05) is 6.07 Å². The molecule has 0 saturated carbocycles. The number of esters is 1. The van der Waals surface area contributed by atoms with Gasteiger partial charge in [0.1, 0.15) is 5.75 Å². The summed E-state index contributed by atoms with van der Waals surface area (Å²) in [7, 11) is 2.85. The molecular weight excluding hydrogens is 284 g/mol. The maximum atomic E-state index is 12.1. The topological polar surface area (TPSA) is 77.5 Å². The van der Waals surface area contributed by atoms with Crippen LogP contribution in [0.15, 0.2) is 42.6 Å². The minimum atomic E-state index is -0.442. The highest BCUT2D eigenvalue weighted by Gasteiger charge is 2.09. The lowest BCUT2D eigenvalue weighted by Gasteiger charge is -2.07. The van der Waals surface area contributed by atoms with Gasteiger partial charge >= 0.3 is 5.97 Å². The van der Waals surface area contributed by atoms with Crippen LogP contribution in [0.25, 0.3) is 0 Å². The molecule has 0 unspecified atom stereocenters. The zero-order valence-corrected chi connectivity index (χ0v) is 12.3. The van der Waals surface area contributed by atoms with Gasteiger partial charge in [-0.05, 0) is 30.3 Å². The first kappa shape index (κ1) is 15.5. The van der Waals surface area contributed by atoms with Gasteiger partial charge in [-0.3, -0.25) is 9.78 Å². The predicted molar refractivity (Wildman–Crippen MR) is 79.7 cm³/mol. The Kier molecular flexibility index (Phi) is 5.08. The summed E-state index contributed by atoms with van der Waals surface area (Å²) in [6.45, 7) is 0.209. The van der Waals surface area contributed by atoms with Crippen molar-refractivity contribution in [1.29, 1.82) is 0 Å². The van der Waals surface area contributed by atoms with E-state index in [1.165, 1.54) is 13.3 Å². The van der Waals surface area contributed by atoms with E-state index in [2.05, 4.69) is 15.0 Å². The monoisotopic (exact) mass is 300 g/mol. The second kappa shape index (κ2) is 7.21. The van der Waals surface area contributed by atoms with Crippen LogP contribution in [-0.4, -0.2) is 31.1 Å². The number of rotatable bonds is 5. The van der Waals surface area contributed by atoms with Crippen LogP contribution in [0.3, 0.4) is 0 Å². The van der Waals surface area contributed by atoms with Crippen LogP contribution in [0.1, 0.15) is 26.4 Å². The Morgan fingerprint density at radius 3 is 2.68 bits per heavy atom. The van der Waals surface area contributed by atoms with E-state index in [0.717, 1.165) is 0 Å². The van der Waals surface area contributed by atoms with Gasteiger partial charge in [0.25, 0.3) is 5.91 Å². The molecule has 0 aliphatic carbocycles. The fourth-order valence-corrected chi connectivity index (χ4v) is 1.86. The van der Waals surface area contributed by atoms with Crippen LogP contribution < -0.4 is 10.1 Å². The summed E-state index contributed by atoms with van der Waals surface area (Å²) in [6.07, 6.45) is 1.50. The van der Waals surface area contributed by atoms with Crippen molar-refractivity contribution < 1.29 is 19.1 Å². The largest absolute Gasteiger partial charge is 0.497 e. The molecule has 0 bridgehead atoms. The first-order valence-electron chi connectivity index (χ1n) is 6.59. The number of methoxy groups -OCH3 is 2. The molecule has 0 aliphatic rings. The molecule has 2 rings (SSSR count). The van der Waals surface area contributed by atoms with E-state index < -0.39 is 5.97 Å². The third-order valence-electron chi connectivity index (χ3n) is 3.00. The number of pyridine rings is 1. The minimum absolute atomic E-state index is 0.209. The summed E-state index contributed by atoms with van der Waals surface area (Å²) in [5, 5.41) is 2.74. The van der Waals surface area contributed by atoms with E-state index in [1.807, 2.05) is 0 Å². The van der Waals surface area contributed by atoms with E-state index in [0.29, 0.717) is 22.6 Å². The van der Waals surface area contributed by atoms with Crippen LogP contribution in [-0.2, 0) is 11.3 Å². The molecule has 2 aromatic rings. The molecule has 1 amide bonds. The van der Waals surface area contributed by atoms with Crippen LogP contribution in [0.4, 0.5) is 0 Å². The molecule has 0 spiro atoms. The first-order valence-corrected chi connectivity index (χ1v) is 6.59. The lowest BCUT2D eigenvalue weighted by Crippen LogP contribution is -2.23. The quantitative estimate of drug-likeness (QED) is 0.852. The van der Waals surface area contributed by atoms with Gasteiger partial charge in [-0.2, -0.15) is 0 Å². The van der Waals surface area contributed by atoms with Gasteiger partial charge in [-0.25, -0.2) is 4.79 Å². The fraction of sp³-hybridized carbons (Fsp3) is 0.188. The van der Waals surface area contributed by atoms with Crippen LogP contribution in [0.5, 0.6) is 5.75 Å². The van der Waals surface area contributed by atoms with E-state index in [9.17, 15) is 9.59 Å². The van der Waals surface area contributed by atoms with Crippen molar-refractivity contribution in [3.8, 4) is 5.75 Å². The molecule has 1 N–H and O–H groups in total. The number of benzene rings is 1. The van der Waals surface area contributed by atoms with Crippen molar-refractivity contribution in [3.63, 3.8) is 0 Å². The summed E-state index contributed by atoms with van der Waals surface area (Å²) < 4.78 is 9.72. The van der Waals surface area contributed by atoms with Gasteiger partial charge in [-0.15, -0.1) is 0 Å². The van der Waals surface area contributed by atoms with Crippen molar-refractivity contribution >= 4 is 11.9 Å². The normalized spacial score (nSPS) is 9.91. The molecule has 22 heavy (non-hydrogen) atoms. The Labute approximate surface area is 128 Å². The van der Waals surface area contributed by atoms with Gasteiger partial charge in [0.05, 0.1) is 32.0 Å². The van der Waals surface area contributed by atoms with E-state index in [4.69, 9.17) is 4.74 Å². The smallest absolute Gasteiger partial charge is 0.337 e. The number of aromatic nitrogens is 1. The first-order chi connectivity index (χ1) is 10.6. The summed E-state index contributed by atoms with van der Waals surface area (Å²) in [4.78, 5) is 27.6. The van der Waals surface area contributed by atoms with Crippen molar-refractivity contribution in [2.75, 3.05) is 14.2 Å². The zero-order chi connectivity index (χ0) is 15.9. The average molecular weight is 300 g/mol. The third-order valence-corrected chi connectivity index (χ3v) is 3.00. The molecule has 0 atom stereocenters. The minimum Gasteiger partial charge on any atom is -0.497 e. The molecule has 0 aliphatic heterocycles. The molecule has 1 heterocycles. The van der Waals surface area contributed by atoms with Gasteiger partial charge in [0.2, 0.25) is 0 Å². The molecule has 0 fully saturated rings. The number of hydrogen-bond donors (Lipinski definition) is 1. The molecule has 0 saturated heterocycles. The summed E-state index contributed by atoms with van der Waals surface area (Å²) in [5.74, 6) is -0.0783. The molecule has 1 aromatic carbocycles. The molecule has 6 heteroatoms. The highest BCUT2D eigenvalue weighted by atomic mass is 16.5. The third kappa shape index (κ3) is 3.82. The number of nitrogens with zero attached hydrogens (tertiary/aromatic N) is 1. The highest BCUT2D eigenvalue weighted by Crippen LogP contribution is 2.12. The number of carbonyl (C=O) groups is 2. The molecule has 6 nitrogen and oxygen atoms in total. The number of amides is 1. The van der Waals surface area contributed by atoms with E-state index >= 15 is 0 Å². The van der Waals surface area contributed by atoms with Gasteiger partial charge in [0.15, 0.2) is 0 Å². The Balaban J connectivity index is 2.03. The van der Waals surface area contributed by atoms with Gasteiger partial charge in [0, 0.05) is 11.8 Å². The lowest BCUT2D eigenvalue weighted by molar-refractivity contribution is 0.0600. The van der Waals surface area contributed by atoms with Crippen LogP contribution in [0, 0.1) is 0 Å². The van der Waals surface area contributed by atoms with Crippen LogP contribution in [0.2, 0.25) is 0 Å². The summed E-state index contributed by atoms with van der Waals surface area (Å²) in [6, 6.07) is 9.97. The molecule has 114 valence electrons. The summed E-state index contributed by atoms with van der Waals surface area (Å²) in [5.41, 5.74) is 1.45. The zero-order valence-electron chi connectivity index (χ0n) is 12.3. The second-order valence-corrected chi connectivity index (χ2v) is 4.44. The molecule has 1 aromatic heterocycles. The SMILES string of the molecule is COC(=O)c1ccnc(CNC(=O)c2cccc(OC)c2)c1. The van der Waals surface area contributed by atoms with Crippen molar-refractivity contribution in [1.82, 2.24) is 10.3 Å². The van der Waals surface area contributed by atoms with Crippen LogP contribution >= 0.6 is 0 Å². The number of carbonyl (C=O) groups excluding carboxylic acids is 2. The Morgan fingerprint density at radius 1 is 1.14 bits per heavy atom. The number of nitrogens with one attached hydrogen (secondary N) is 1. The van der Waals surface area contributed by atoms with Crippen molar-refractivity contribution in [3.05, 3.63) is 59.4 Å². The Hall–Kier alpha value is -2.89. The van der Waals surface area contributed by atoms with E-state index in [1.54, 1.807) is 43.5 Å². The predicted octanol–water partition coefficient (Wildman–Crippen LogP) is 1.81. The molecular formula is C16H16N2O4. The maximum absolute atomic E-state index is 12.1. The Bertz CT molecular complexity index is 685. The highest BCUT2D eigenvalue weighted by molar-refractivity contribution is 5.94. The average Bonchev–Trinajstić information content (AvgIpc) is 2.59.